The van der Waals surface area contributed by atoms with E-state index in [1.807, 2.05) is 7.11 Å². The van der Waals surface area contributed by atoms with Crippen LogP contribution in [0.1, 0.15) is 55.7 Å². The highest BCUT2D eigenvalue weighted by Gasteiger charge is 2.25. The van der Waals surface area contributed by atoms with Crippen LogP contribution < -0.4 is 5.32 Å². The highest BCUT2D eigenvalue weighted by molar-refractivity contribution is 5.32. The zero-order chi connectivity index (χ0) is 13.1. The van der Waals surface area contributed by atoms with Crippen molar-refractivity contribution in [3.8, 4) is 0 Å². The molecule has 104 valence electrons. The number of methoxy groups -OCH3 is 1. The van der Waals surface area contributed by atoms with Gasteiger partial charge in [0.2, 0.25) is 0 Å². The molecule has 1 saturated carbocycles. The van der Waals surface area contributed by atoms with E-state index in [9.17, 15) is 0 Å². The van der Waals surface area contributed by atoms with Crippen molar-refractivity contribution in [1.29, 1.82) is 0 Å². The van der Waals surface area contributed by atoms with E-state index in [1.54, 1.807) is 11.1 Å². The molecule has 0 bridgehead atoms. The van der Waals surface area contributed by atoms with Gasteiger partial charge in [-0.05, 0) is 56.1 Å². The third-order valence-electron chi connectivity index (χ3n) is 4.81. The molecule has 0 aliphatic heterocycles. The number of benzene rings is 1. The molecule has 1 aromatic rings. The van der Waals surface area contributed by atoms with Gasteiger partial charge >= 0.3 is 0 Å². The molecule has 0 heterocycles. The summed E-state index contributed by atoms with van der Waals surface area (Å²) in [6.45, 7) is 0. The van der Waals surface area contributed by atoms with Crippen molar-refractivity contribution in [3.05, 3.63) is 35.4 Å². The lowest BCUT2D eigenvalue weighted by Gasteiger charge is -2.34. The summed E-state index contributed by atoms with van der Waals surface area (Å²) in [5.41, 5.74) is 3.10. The second kappa shape index (κ2) is 6.06. The molecule has 1 fully saturated rings. The summed E-state index contributed by atoms with van der Waals surface area (Å²) in [4.78, 5) is 0. The van der Waals surface area contributed by atoms with E-state index in [1.165, 1.54) is 44.9 Å². The number of fused-ring (bicyclic) bond motifs is 1. The molecule has 2 nitrogen and oxygen atoms in total. The predicted molar refractivity (Wildman–Crippen MR) is 78.3 cm³/mol. The standard InChI is InChI=1S/C17H25NO/c1-19-15-11-9-14(10-12-15)18-17-8-4-6-13-5-2-3-7-16(13)17/h2-3,5,7,14-15,17-18H,4,6,8-12H2,1H3. The molecule has 0 saturated heterocycles. The second-order valence-electron chi connectivity index (χ2n) is 6.02. The fourth-order valence-electron chi connectivity index (χ4n) is 3.68. The van der Waals surface area contributed by atoms with Crippen LogP contribution in [0.2, 0.25) is 0 Å². The highest BCUT2D eigenvalue weighted by atomic mass is 16.5. The summed E-state index contributed by atoms with van der Waals surface area (Å²) in [6.07, 6.45) is 9.31. The zero-order valence-corrected chi connectivity index (χ0v) is 11.9. The van der Waals surface area contributed by atoms with Crippen molar-refractivity contribution in [2.24, 2.45) is 0 Å². The fraction of sp³-hybridized carbons (Fsp3) is 0.647. The molecule has 2 aliphatic rings. The first-order chi connectivity index (χ1) is 9.36. The van der Waals surface area contributed by atoms with Gasteiger partial charge in [0.15, 0.2) is 0 Å². The Balaban J connectivity index is 1.62. The lowest BCUT2D eigenvalue weighted by Crippen LogP contribution is -2.38. The number of aryl methyl sites for hydroxylation is 1. The van der Waals surface area contributed by atoms with Crippen LogP contribution in [0.5, 0.6) is 0 Å². The minimum Gasteiger partial charge on any atom is -0.381 e. The minimum absolute atomic E-state index is 0.497. The van der Waals surface area contributed by atoms with Gasteiger partial charge in [-0.25, -0.2) is 0 Å². The Morgan fingerprint density at radius 3 is 2.63 bits per heavy atom. The summed E-state index contributed by atoms with van der Waals surface area (Å²) in [6, 6.07) is 10.2. The molecule has 19 heavy (non-hydrogen) atoms. The van der Waals surface area contributed by atoms with Gasteiger partial charge in [0, 0.05) is 19.2 Å². The second-order valence-corrected chi connectivity index (χ2v) is 6.02. The van der Waals surface area contributed by atoms with E-state index >= 15 is 0 Å². The molecular formula is C17H25NO. The van der Waals surface area contributed by atoms with Gasteiger partial charge in [0.05, 0.1) is 6.10 Å². The van der Waals surface area contributed by atoms with Crippen LogP contribution in [0.4, 0.5) is 0 Å². The van der Waals surface area contributed by atoms with Crippen molar-refractivity contribution in [2.45, 2.75) is 63.1 Å². The average Bonchev–Trinajstić information content (AvgIpc) is 2.48. The van der Waals surface area contributed by atoms with E-state index in [-0.39, 0.29) is 0 Å². The first-order valence-electron chi connectivity index (χ1n) is 7.73. The summed E-state index contributed by atoms with van der Waals surface area (Å²) in [7, 11) is 1.84. The quantitative estimate of drug-likeness (QED) is 0.895. The predicted octanol–water partition coefficient (Wildman–Crippen LogP) is 3.61. The zero-order valence-electron chi connectivity index (χ0n) is 11.9. The van der Waals surface area contributed by atoms with E-state index < -0.39 is 0 Å². The highest BCUT2D eigenvalue weighted by Crippen LogP contribution is 2.31. The first-order valence-corrected chi connectivity index (χ1v) is 7.73. The number of rotatable bonds is 3. The van der Waals surface area contributed by atoms with E-state index in [0.29, 0.717) is 18.2 Å². The lowest BCUT2D eigenvalue weighted by atomic mass is 9.85. The lowest BCUT2D eigenvalue weighted by molar-refractivity contribution is 0.0608. The van der Waals surface area contributed by atoms with Crippen LogP contribution in [0.15, 0.2) is 24.3 Å². The molecule has 2 heteroatoms. The van der Waals surface area contributed by atoms with Gasteiger partial charge in [-0.15, -0.1) is 0 Å². The monoisotopic (exact) mass is 259 g/mol. The Labute approximate surface area is 116 Å². The summed E-state index contributed by atoms with van der Waals surface area (Å²) < 4.78 is 5.46. The fourth-order valence-corrected chi connectivity index (χ4v) is 3.68. The SMILES string of the molecule is COC1CCC(NC2CCCc3ccccc32)CC1. The Morgan fingerprint density at radius 2 is 1.84 bits per heavy atom. The maximum absolute atomic E-state index is 5.46. The minimum atomic E-state index is 0.497. The van der Waals surface area contributed by atoms with Crippen LogP contribution in [0, 0.1) is 0 Å². The Hall–Kier alpha value is -0.860. The number of nitrogens with one attached hydrogen (secondary N) is 1. The maximum Gasteiger partial charge on any atom is 0.0572 e. The molecule has 1 N–H and O–H groups in total. The van der Waals surface area contributed by atoms with Crippen molar-refractivity contribution < 1.29 is 4.74 Å². The van der Waals surface area contributed by atoms with Gasteiger partial charge in [0.25, 0.3) is 0 Å². The molecule has 0 radical (unpaired) electrons. The van der Waals surface area contributed by atoms with Crippen LogP contribution in [-0.2, 0) is 11.2 Å². The van der Waals surface area contributed by atoms with Gasteiger partial charge in [-0.1, -0.05) is 24.3 Å². The molecule has 3 rings (SSSR count). The molecular weight excluding hydrogens is 234 g/mol. The van der Waals surface area contributed by atoms with Crippen molar-refractivity contribution >= 4 is 0 Å². The summed E-state index contributed by atoms with van der Waals surface area (Å²) in [5.74, 6) is 0. The molecule has 0 amide bonds. The van der Waals surface area contributed by atoms with Gasteiger partial charge in [0.1, 0.15) is 0 Å². The largest absolute Gasteiger partial charge is 0.381 e. The van der Waals surface area contributed by atoms with Gasteiger partial charge in [-0.2, -0.15) is 0 Å². The molecule has 2 aliphatic carbocycles. The molecule has 1 unspecified atom stereocenters. The van der Waals surface area contributed by atoms with E-state index in [4.69, 9.17) is 4.74 Å². The van der Waals surface area contributed by atoms with Crippen LogP contribution in [-0.4, -0.2) is 19.3 Å². The Kier molecular flexibility index (Phi) is 4.19. The summed E-state index contributed by atoms with van der Waals surface area (Å²) in [5, 5.41) is 3.90. The molecule has 0 aromatic heterocycles. The number of hydrogen-bond acceptors (Lipinski definition) is 2. The van der Waals surface area contributed by atoms with Crippen molar-refractivity contribution in [2.75, 3.05) is 7.11 Å². The Morgan fingerprint density at radius 1 is 1.05 bits per heavy atom. The number of hydrogen-bond donors (Lipinski definition) is 1. The molecule has 0 spiro atoms. The van der Waals surface area contributed by atoms with E-state index in [2.05, 4.69) is 29.6 Å². The normalized spacial score (nSPS) is 30.9. The Bertz CT molecular complexity index is 409. The maximum atomic E-state index is 5.46. The smallest absolute Gasteiger partial charge is 0.0572 e. The summed E-state index contributed by atoms with van der Waals surface area (Å²) >= 11 is 0. The van der Waals surface area contributed by atoms with Crippen LogP contribution in [0.25, 0.3) is 0 Å². The van der Waals surface area contributed by atoms with Gasteiger partial charge in [-0.3, -0.25) is 0 Å². The van der Waals surface area contributed by atoms with Crippen molar-refractivity contribution in [3.63, 3.8) is 0 Å². The third-order valence-corrected chi connectivity index (χ3v) is 4.81. The third kappa shape index (κ3) is 3.01. The average molecular weight is 259 g/mol. The van der Waals surface area contributed by atoms with Crippen LogP contribution in [0.3, 0.4) is 0 Å². The number of ether oxygens (including phenoxy) is 1. The van der Waals surface area contributed by atoms with Crippen LogP contribution >= 0.6 is 0 Å². The molecule has 1 aromatic carbocycles. The molecule has 1 atom stereocenters. The van der Waals surface area contributed by atoms with Gasteiger partial charge < -0.3 is 10.1 Å². The van der Waals surface area contributed by atoms with Crippen molar-refractivity contribution in [1.82, 2.24) is 5.32 Å². The topological polar surface area (TPSA) is 21.3 Å². The first kappa shape index (κ1) is 13.1. The van der Waals surface area contributed by atoms with E-state index in [0.717, 1.165) is 0 Å².